The Hall–Kier alpha value is -1.35. The van der Waals surface area contributed by atoms with E-state index in [-0.39, 0.29) is 11.8 Å². The molecule has 17 heavy (non-hydrogen) atoms. The minimum atomic E-state index is -0.0979. The molecule has 1 rings (SSSR count). The minimum Gasteiger partial charge on any atom is -0.330 e. The molecule has 1 atom stereocenters. The molecule has 1 aromatic rings. The minimum absolute atomic E-state index is 0.0269. The van der Waals surface area contributed by atoms with Gasteiger partial charge < -0.3 is 11.1 Å². The Morgan fingerprint density at radius 2 is 2.12 bits per heavy atom. The molecule has 0 heterocycles. The van der Waals surface area contributed by atoms with Gasteiger partial charge in [0, 0.05) is 12.2 Å². The molecular formula is C14H22N2O. The first-order valence-electron chi connectivity index (χ1n) is 6.23. The Labute approximate surface area is 103 Å². The van der Waals surface area contributed by atoms with E-state index in [0.29, 0.717) is 6.54 Å². The van der Waals surface area contributed by atoms with Crippen LogP contribution in [-0.2, 0) is 11.2 Å². The van der Waals surface area contributed by atoms with Crippen LogP contribution in [0.1, 0.15) is 31.4 Å². The van der Waals surface area contributed by atoms with Crippen molar-refractivity contribution in [3.8, 4) is 0 Å². The SMILES string of the molecule is CCc1cccc(C)c1NC(=O)C(CC)CN. The summed E-state index contributed by atoms with van der Waals surface area (Å²) in [6.45, 7) is 6.48. The van der Waals surface area contributed by atoms with Crippen molar-refractivity contribution in [2.75, 3.05) is 11.9 Å². The summed E-state index contributed by atoms with van der Waals surface area (Å²) in [7, 11) is 0. The summed E-state index contributed by atoms with van der Waals surface area (Å²) < 4.78 is 0. The normalized spacial score (nSPS) is 12.2. The number of nitrogens with two attached hydrogens (primary N) is 1. The third-order valence-corrected chi connectivity index (χ3v) is 3.14. The molecule has 0 saturated carbocycles. The second kappa shape index (κ2) is 6.40. The maximum Gasteiger partial charge on any atom is 0.228 e. The van der Waals surface area contributed by atoms with Crippen LogP contribution in [0.5, 0.6) is 0 Å². The lowest BCUT2D eigenvalue weighted by atomic mass is 10.0. The summed E-state index contributed by atoms with van der Waals surface area (Å²) in [5.74, 6) is -0.0710. The van der Waals surface area contributed by atoms with Gasteiger partial charge in [-0.3, -0.25) is 4.79 Å². The number of nitrogens with one attached hydrogen (secondary N) is 1. The average Bonchev–Trinajstić information content (AvgIpc) is 2.33. The second-order valence-electron chi connectivity index (χ2n) is 4.29. The Morgan fingerprint density at radius 3 is 2.65 bits per heavy atom. The molecule has 1 amide bonds. The van der Waals surface area contributed by atoms with E-state index in [1.807, 2.05) is 32.0 Å². The smallest absolute Gasteiger partial charge is 0.228 e. The van der Waals surface area contributed by atoms with Crippen LogP contribution < -0.4 is 11.1 Å². The number of hydrogen-bond donors (Lipinski definition) is 2. The Morgan fingerprint density at radius 1 is 1.41 bits per heavy atom. The number of rotatable bonds is 5. The van der Waals surface area contributed by atoms with E-state index in [4.69, 9.17) is 5.73 Å². The van der Waals surface area contributed by atoms with Gasteiger partial charge in [0.05, 0.1) is 5.92 Å². The Kier molecular flexibility index (Phi) is 5.16. The summed E-state index contributed by atoms with van der Waals surface area (Å²) in [5, 5.41) is 3.01. The van der Waals surface area contributed by atoms with Crippen LogP contribution in [0.2, 0.25) is 0 Å². The molecule has 3 N–H and O–H groups in total. The van der Waals surface area contributed by atoms with Gasteiger partial charge in [-0.05, 0) is 30.9 Å². The van der Waals surface area contributed by atoms with Crippen LogP contribution in [0.15, 0.2) is 18.2 Å². The third-order valence-electron chi connectivity index (χ3n) is 3.14. The van der Waals surface area contributed by atoms with E-state index in [9.17, 15) is 4.79 Å². The number of carbonyl (C=O) groups excluding carboxylic acids is 1. The molecule has 0 bridgehead atoms. The standard InChI is InChI=1S/C14H22N2O/c1-4-11-8-6-7-10(3)13(11)16-14(17)12(5-2)9-15/h6-8,12H,4-5,9,15H2,1-3H3,(H,16,17). The number of para-hydroxylation sites is 1. The molecule has 0 aromatic heterocycles. The van der Waals surface area contributed by atoms with Gasteiger partial charge >= 0.3 is 0 Å². The number of anilines is 1. The van der Waals surface area contributed by atoms with Crippen LogP contribution in [0.4, 0.5) is 5.69 Å². The van der Waals surface area contributed by atoms with Crippen LogP contribution in [-0.4, -0.2) is 12.5 Å². The van der Waals surface area contributed by atoms with E-state index in [1.165, 1.54) is 5.56 Å². The molecule has 0 fully saturated rings. The number of hydrogen-bond acceptors (Lipinski definition) is 2. The fourth-order valence-electron chi connectivity index (χ4n) is 1.89. The Bertz CT molecular complexity index is 384. The fourth-order valence-corrected chi connectivity index (χ4v) is 1.89. The van der Waals surface area contributed by atoms with Crippen LogP contribution >= 0.6 is 0 Å². The zero-order valence-corrected chi connectivity index (χ0v) is 10.9. The first kappa shape index (κ1) is 13.7. The lowest BCUT2D eigenvalue weighted by molar-refractivity contribution is -0.119. The van der Waals surface area contributed by atoms with E-state index in [2.05, 4.69) is 12.2 Å². The van der Waals surface area contributed by atoms with Gasteiger partial charge in [-0.25, -0.2) is 0 Å². The highest BCUT2D eigenvalue weighted by atomic mass is 16.1. The van der Waals surface area contributed by atoms with Crippen molar-refractivity contribution in [2.24, 2.45) is 11.7 Å². The summed E-state index contributed by atoms with van der Waals surface area (Å²) >= 11 is 0. The van der Waals surface area contributed by atoms with Crippen molar-refractivity contribution in [3.05, 3.63) is 29.3 Å². The van der Waals surface area contributed by atoms with Crippen LogP contribution in [0.3, 0.4) is 0 Å². The molecule has 0 aliphatic rings. The van der Waals surface area contributed by atoms with E-state index in [0.717, 1.165) is 24.1 Å². The summed E-state index contributed by atoms with van der Waals surface area (Å²) in [4.78, 5) is 12.0. The maximum absolute atomic E-state index is 12.0. The first-order chi connectivity index (χ1) is 8.13. The van der Waals surface area contributed by atoms with Gasteiger partial charge in [-0.2, -0.15) is 0 Å². The molecule has 0 aliphatic carbocycles. The third kappa shape index (κ3) is 3.30. The molecular weight excluding hydrogens is 212 g/mol. The number of carbonyl (C=O) groups is 1. The first-order valence-corrected chi connectivity index (χ1v) is 6.23. The van der Waals surface area contributed by atoms with Crippen LogP contribution in [0, 0.1) is 12.8 Å². The zero-order valence-electron chi connectivity index (χ0n) is 10.9. The van der Waals surface area contributed by atoms with Crippen molar-refractivity contribution in [1.29, 1.82) is 0 Å². The van der Waals surface area contributed by atoms with E-state index < -0.39 is 0 Å². The average molecular weight is 234 g/mol. The molecule has 0 aliphatic heterocycles. The predicted molar refractivity (Wildman–Crippen MR) is 72.0 cm³/mol. The molecule has 3 heteroatoms. The van der Waals surface area contributed by atoms with Crippen molar-refractivity contribution >= 4 is 11.6 Å². The topological polar surface area (TPSA) is 55.1 Å². The molecule has 0 spiro atoms. The van der Waals surface area contributed by atoms with Gasteiger partial charge in [0.25, 0.3) is 0 Å². The zero-order chi connectivity index (χ0) is 12.8. The lowest BCUT2D eigenvalue weighted by Crippen LogP contribution is -2.29. The molecule has 3 nitrogen and oxygen atoms in total. The summed E-state index contributed by atoms with van der Waals surface area (Å²) in [6.07, 6.45) is 1.69. The Balaban J connectivity index is 2.91. The molecule has 94 valence electrons. The molecule has 0 saturated heterocycles. The molecule has 1 aromatic carbocycles. The number of aryl methyl sites for hydroxylation is 2. The summed E-state index contributed by atoms with van der Waals surface area (Å²) in [6, 6.07) is 6.08. The second-order valence-corrected chi connectivity index (χ2v) is 4.29. The van der Waals surface area contributed by atoms with Gasteiger partial charge in [0.15, 0.2) is 0 Å². The van der Waals surface area contributed by atoms with Crippen molar-refractivity contribution in [2.45, 2.75) is 33.6 Å². The molecule has 1 unspecified atom stereocenters. The summed E-state index contributed by atoms with van der Waals surface area (Å²) in [5.41, 5.74) is 8.81. The van der Waals surface area contributed by atoms with Crippen molar-refractivity contribution in [1.82, 2.24) is 0 Å². The van der Waals surface area contributed by atoms with Gasteiger partial charge in [0.2, 0.25) is 5.91 Å². The van der Waals surface area contributed by atoms with Crippen molar-refractivity contribution < 1.29 is 4.79 Å². The quantitative estimate of drug-likeness (QED) is 0.822. The highest BCUT2D eigenvalue weighted by molar-refractivity contribution is 5.94. The number of benzene rings is 1. The monoisotopic (exact) mass is 234 g/mol. The molecule has 0 radical (unpaired) electrons. The van der Waals surface area contributed by atoms with E-state index in [1.54, 1.807) is 0 Å². The number of amides is 1. The highest BCUT2D eigenvalue weighted by Gasteiger charge is 2.16. The van der Waals surface area contributed by atoms with E-state index >= 15 is 0 Å². The fraction of sp³-hybridized carbons (Fsp3) is 0.500. The van der Waals surface area contributed by atoms with Crippen molar-refractivity contribution in [3.63, 3.8) is 0 Å². The predicted octanol–water partition coefficient (Wildman–Crippen LogP) is 2.48. The van der Waals surface area contributed by atoms with Gasteiger partial charge in [-0.1, -0.05) is 32.0 Å². The maximum atomic E-state index is 12.0. The largest absolute Gasteiger partial charge is 0.330 e. The van der Waals surface area contributed by atoms with Gasteiger partial charge in [-0.15, -0.1) is 0 Å². The lowest BCUT2D eigenvalue weighted by Gasteiger charge is -2.16. The van der Waals surface area contributed by atoms with Gasteiger partial charge in [0.1, 0.15) is 0 Å². The van der Waals surface area contributed by atoms with Crippen LogP contribution in [0.25, 0.3) is 0 Å². The highest BCUT2D eigenvalue weighted by Crippen LogP contribution is 2.22.